The van der Waals surface area contributed by atoms with Crippen LogP contribution < -0.4 is 10.1 Å². The summed E-state index contributed by atoms with van der Waals surface area (Å²) in [5, 5.41) is 3.05. The molecule has 0 saturated carbocycles. The lowest BCUT2D eigenvalue weighted by Crippen LogP contribution is -2.50. The quantitative estimate of drug-likeness (QED) is 0.846. The van der Waals surface area contributed by atoms with Crippen molar-refractivity contribution in [3.63, 3.8) is 0 Å². The third-order valence-electron chi connectivity index (χ3n) is 5.17. The van der Waals surface area contributed by atoms with Crippen LogP contribution in [0.5, 0.6) is 5.75 Å². The van der Waals surface area contributed by atoms with Crippen LogP contribution in [0.4, 0.5) is 9.18 Å². The minimum absolute atomic E-state index is 0.130. The minimum Gasteiger partial charge on any atom is -0.493 e. The van der Waals surface area contributed by atoms with Gasteiger partial charge in [0.1, 0.15) is 11.6 Å². The van der Waals surface area contributed by atoms with E-state index in [9.17, 15) is 9.18 Å². The minimum atomic E-state index is -0.497. The Morgan fingerprint density at radius 1 is 1.20 bits per heavy atom. The van der Waals surface area contributed by atoms with Crippen LogP contribution in [-0.2, 0) is 9.47 Å². The highest BCUT2D eigenvalue weighted by Gasteiger charge is 2.41. The van der Waals surface area contributed by atoms with Crippen molar-refractivity contribution < 1.29 is 23.4 Å². The molecular formula is C18H23FN2O4. The van der Waals surface area contributed by atoms with Crippen LogP contribution in [0.15, 0.2) is 18.2 Å². The first kappa shape index (κ1) is 16.6. The van der Waals surface area contributed by atoms with Gasteiger partial charge in [-0.05, 0) is 31.0 Å². The standard InChI is InChI=1S/C18H23FN2O4/c19-13-3-4-16-14(12-13)15(2-1-9-23-16)20-17(22)21-7-5-18(6-8-21)24-10-11-25-18/h3-4,12,15H,1-2,5-11H2,(H,20,22)/t15-/m0/s1. The molecule has 0 radical (unpaired) electrons. The number of urea groups is 1. The van der Waals surface area contributed by atoms with E-state index in [1.807, 2.05) is 0 Å². The van der Waals surface area contributed by atoms with E-state index in [1.54, 1.807) is 11.0 Å². The van der Waals surface area contributed by atoms with E-state index in [0.717, 1.165) is 12.8 Å². The summed E-state index contributed by atoms with van der Waals surface area (Å²) in [6.45, 7) is 3.00. The summed E-state index contributed by atoms with van der Waals surface area (Å²) in [6.07, 6.45) is 2.90. The molecule has 7 heteroatoms. The van der Waals surface area contributed by atoms with Crippen molar-refractivity contribution >= 4 is 6.03 Å². The molecule has 0 unspecified atom stereocenters. The van der Waals surface area contributed by atoms with Gasteiger partial charge in [-0.25, -0.2) is 9.18 Å². The van der Waals surface area contributed by atoms with E-state index in [4.69, 9.17) is 14.2 Å². The molecule has 0 aliphatic carbocycles. The summed E-state index contributed by atoms with van der Waals surface area (Å²) in [5.74, 6) is -0.170. The largest absolute Gasteiger partial charge is 0.493 e. The molecule has 2 amide bonds. The highest BCUT2D eigenvalue weighted by atomic mass is 19.1. The summed E-state index contributed by atoms with van der Waals surface area (Å²) < 4.78 is 30.7. The molecule has 1 N–H and O–H groups in total. The Hall–Kier alpha value is -1.86. The van der Waals surface area contributed by atoms with Gasteiger partial charge in [-0.1, -0.05) is 0 Å². The lowest BCUT2D eigenvalue weighted by molar-refractivity contribution is -0.181. The van der Waals surface area contributed by atoms with Gasteiger partial charge in [0.2, 0.25) is 0 Å². The lowest BCUT2D eigenvalue weighted by atomic mass is 10.0. The van der Waals surface area contributed by atoms with Gasteiger partial charge in [0, 0.05) is 31.5 Å². The van der Waals surface area contributed by atoms with E-state index >= 15 is 0 Å². The second-order valence-electron chi connectivity index (χ2n) is 6.77. The second-order valence-corrected chi connectivity index (χ2v) is 6.77. The first-order valence-electron chi connectivity index (χ1n) is 8.91. The first-order valence-corrected chi connectivity index (χ1v) is 8.91. The highest BCUT2D eigenvalue weighted by Crippen LogP contribution is 2.34. The number of hydrogen-bond donors (Lipinski definition) is 1. The number of amides is 2. The van der Waals surface area contributed by atoms with Crippen molar-refractivity contribution in [2.24, 2.45) is 0 Å². The fourth-order valence-corrected chi connectivity index (χ4v) is 3.77. The van der Waals surface area contributed by atoms with Gasteiger partial charge >= 0.3 is 6.03 Å². The fraction of sp³-hybridized carbons (Fsp3) is 0.611. The van der Waals surface area contributed by atoms with Gasteiger partial charge in [-0.15, -0.1) is 0 Å². The number of fused-ring (bicyclic) bond motifs is 1. The van der Waals surface area contributed by atoms with Crippen LogP contribution >= 0.6 is 0 Å². The Morgan fingerprint density at radius 2 is 1.96 bits per heavy atom. The molecule has 1 aromatic carbocycles. The van der Waals surface area contributed by atoms with Gasteiger partial charge in [-0.2, -0.15) is 0 Å². The van der Waals surface area contributed by atoms with E-state index in [-0.39, 0.29) is 17.9 Å². The number of rotatable bonds is 1. The van der Waals surface area contributed by atoms with Crippen LogP contribution in [0, 0.1) is 5.82 Å². The molecule has 1 spiro atoms. The number of benzene rings is 1. The molecular weight excluding hydrogens is 327 g/mol. The molecule has 2 fully saturated rings. The Bertz CT molecular complexity index is 638. The average molecular weight is 350 g/mol. The van der Waals surface area contributed by atoms with Gasteiger partial charge < -0.3 is 24.4 Å². The zero-order chi connectivity index (χ0) is 17.3. The maximum absolute atomic E-state index is 13.7. The van der Waals surface area contributed by atoms with Crippen LogP contribution in [0.2, 0.25) is 0 Å². The molecule has 0 aromatic heterocycles. The third kappa shape index (κ3) is 3.43. The molecule has 2 saturated heterocycles. The Morgan fingerprint density at radius 3 is 2.72 bits per heavy atom. The number of hydrogen-bond acceptors (Lipinski definition) is 4. The van der Waals surface area contributed by atoms with E-state index in [2.05, 4.69) is 5.32 Å². The van der Waals surface area contributed by atoms with Crippen molar-refractivity contribution in [1.29, 1.82) is 0 Å². The zero-order valence-electron chi connectivity index (χ0n) is 14.1. The number of piperidine rings is 1. The monoisotopic (exact) mass is 350 g/mol. The lowest BCUT2D eigenvalue weighted by Gasteiger charge is -2.38. The summed E-state index contributed by atoms with van der Waals surface area (Å²) in [5.41, 5.74) is 0.710. The Labute approximate surface area is 146 Å². The summed E-state index contributed by atoms with van der Waals surface area (Å²) in [6, 6.07) is 4.10. The fourth-order valence-electron chi connectivity index (χ4n) is 3.77. The Kier molecular flexibility index (Phi) is 4.52. The van der Waals surface area contributed by atoms with Crippen molar-refractivity contribution in [2.45, 2.75) is 37.5 Å². The molecule has 3 heterocycles. The molecule has 1 atom stereocenters. The predicted octanol–water partition coefficient (Wildman–Crippen LogP) is 2.59. The number of nitrogens with one attached hydrogen (secondary N) is 1. The average Bonchev–Trinajstić information content (AvgIpc) is 2.97. The normalized spacial score (nSPS) is 25.2. The SMILES string of the molecule is O=C(N[C@H]1CCCOc2ccc(F)cc21)N1CCC2(CC1)OCCO2. The number of likely N-dealkylation sites (tertiary alicyclic amines) is 1. The van der Waals surface area contributed by atoms with Gasteiger partial charge in [0.05, 0.1) is 25.9 Å². The number of halogens is 1. The van der Waals surface area contributed by atoms with E-state index in [1.165, 1.54) is 12.1 Å². The molecule has 3 aliphatic heterocycles. The van der Waals surface area contributed by atoms with Crippen molar-refractivity contribution in [2.75, 3.05) is 32.9 Å². The van der Waals surface area contributed by atoms with Crippen molar-refractivity contribution in [3.05, 3.63) is 29.6 Å². The molecule has 0 bridgehead atoms. The topological polar surface area (TPSA) is 60.0 Å². The molecule has 1 aromatic rings. The maximum Gasteiger partial charge on any atom is 0.317 e. The second kappa shape index (κ2) is 6.80. The van der Waals surface area contributed by atoms with Gasteiger partial charge in [-0.3, -0.25) is 0 Å². The van der Waals surface area contributed by atoms with E-state index in [0.29, 0.717) is 57.1 Å². The summed E-state index contributed by atoms with van der Waals surface area (Å²) in [4.78, 5) is 14.5. The number of carbonyl (C=O) groups excluding carboxylic acids is 1. The number of nitrogens with zero attached hydrogens (tertiary/aromatic N) is 1. The van der Waals surface area contributed by atoms with Gasteiger partial charge in [0.15, 0.2) is 5.79 Å². The van der Waals surface area contributed by atoms with E-state index < -0.39 is 5.79 Å². The Balaban J connectivity index is 1.42. The highest BCUT2D eigenvalue weighted by molar-refractivity contribution is 5.75. The van der Waals surface area contributed by atoms with Crippen molar-refractivity contribution in [1.82, 2.24) is 10.2 Å². The molecule has 25 heavy (non-hydrogen) atoms. The number of carbonyl (C=O) groups is 1. The van der Waals surface area contributed by atoms with Crippen LogP contribution in [0.1, 0.15) is 37.3 Å². The smallest absolute Gasteiger partial charge is 0.317 e. The molecule has 136 valence electrons. The van der Waals surface area contributed by atoms with Crippen molar-refractivity contribution in [3.8, 4) is 5.75 Å². The maximum atomic E-state index is 13.7. The first-order chi connectivity index (χ1) is 12.2. The van der Waals surface area contributed by atoms with Crippen LogP contribution in [0.3, 0.4) is 0 Å². The zero-order valence-corrected chi connectivity index (χ0v) is 14.1. The third-order valence-corrected chi connectivity index (χ3v) is 5.17. The van der Waals surface area contributed by atoms with Crippen LogP contribution in [-0.4, -0.2) is 49.6 Å². The molecule has 6 nitrogen and oxygen atoms in total. The van der Waals surface area contributed by atoms with Gasteiger partial charge in [0.25, 0.3) is 0 Å². The van der Waals surface area contributed by atoms with Crippen LogP contribution in [0.25, 0.3) is 0 Å². The summed E-state index contributed by atoms with van der Waals surface area (Å²) in [7, 11) is 0. The predicted molar refractivity (Wildman–Crippen MR) is 87.8 cm³/mol. The number of ether oxygens (including phenoxy) is 3. The summed E-state index contributed by atoms with van der Waals surface area (Å²) >= 11 is 0. The molecule has 4 rings (SSSR count). The molecule has 3 aliphatic rings.